The number of hydrogen-bond acceptors (Lipinski definition) is 3. The molecule has 0 spiro atoms. The summed E-state index contributed by atoms with van der Waals surface area (Å²) in [7, 11) is 0. The van der Waals surface area contributed by atoms with Gasteiger partial charge in [0.25, 0.3) is 0 Å². The van der Waals surface area contributed by atoms with E-state index in [0.29, 0.717) is 15.6 Å². The Kier molecular flexibility index (Phi) is 2.51. The molecule has 0 amide bonds. The lowest BCUT2D eigenvalue weighted by atomic mass is 9.97. The van der Waals surface area contributed by atoms with Crippen LogP contribution < -0.4 is 4.90 Å². The van der Waals surface area contributed by atoms with Gasteiger partial charge in [-0.05, 0) is 24.8 Å². The van der Waals surface area contributed by atoms with E-state index in [1.165, 1.54) is 11.8 Å². The van der Waals surface area contributed by atoms with Crippen LogP contribution in [0.3, 0.4) is 0 Å². The van der Waals surface area contributed by atoms with Crippen LogP contribution in [0.1, 0.15) is 17.3 Å². The topological polar surface area (TPSA) is 58.8 Å². The molecule has 2 heterocycles. The van der Waals surface area contributed by atoms with Gasteiger partial charge in [0.2, 0.25) is 5.78 Å². The minimum absolute atomic E-state index is 0.0407. The highest BCUT2D eigenvalue weighted by atomic mass is 32.2. The summed E-state index contributed by atoms with van der Waals surface area (Å²) >= 11 is 1.25. The van der Waals surface area contributed by atoms with Gasteiger partial charge in [-0.25, -0.2) is 13.6 Å². The molecule has 1 saturated heterocycles. The highest BCUT2D eigenvalue weighted by molar-refractivity contribution is 8.04. The zero-order valence-corrected chi connectivity index (χ0v) is 10.5. The normalized spacial score (nSPS) is 24.7. The van der Waals surface area contributed by atoms with Gasteiger partial charge in [0.1, 0.15) is 0 Å². The first kappa shape index (κ1) is 12.3. The number of rotatable bonds is 1. The number of carboxylic acid groups (broad SMARTS) is 1. The van der Waals surface area contributed by atoms with Gasteiger partial charge < -0.3 is 5.11 Å². The second kappa shape index (κ2) is 3.88. The van der Waals surface area contributed by atoms with Crippen LogP contribution in [0.2, 0.25) is 0 Å². The van der Waals surface area contributed by atoms with E-state index in [9.17, 15) is 18.4 Å². The molecule has 1 aromatic rings. The number of carboxylic acids is 1. The molecule has 2 N–H and O–H groups in total. The first-order chi connectivity index (χ1) is 8.91. The zero-order chi connectivity index (χ0) is 13.9. The number of thioether (sulfide) groups is 1. The zero-order valence-electron chi connectivity index (χ0n) is 9.66. The van der Waals surface area contributed by atoms with E-state index in [0.717, 1.165) is 12.1 Å². The summed E-state index contributed by atoms with van der Waals surface area (Å²) < 4.78 is 26.5. The van der Waals surface area contributed by atoms with Crippen molar-refractivity contribution in [3.63, 3.8) is 0 Å². The molecule has 2 atom stereocenters. The van der Waals surface area contributed by atoms with Crippen molar-refractivity contribution >= 4 is 29.2 Å². The lowest BCUT2D eigenvalue weighted by Gasteiger charge is -2.38. The summed E-state index contributed by atoms with van der Waals surface area (Å²) in [5.41, 5.74) is -0.131. The summed E-state index contributed by atoms with van der Waals surface area (Å²) in [6, 6.07) is 1.74. The van der Waals surface area contributed by atoms with Crippen molar-refractivity contribution < 1.29 is 28.4 Å². The molecular weight excluding hydrogens is 276 g/mol. The number of hydrogen-bond donors (Lipinski definition) is 2. The van der Waals surface area contributed by atoms with E-state index in [2.05, 4.69) is 0 Å². The number of carbonyl (C=O) groups is 2. The van der Waals surface area contributed by atoms with Crippen LogP contribution in [-0.2, 0) is 4.79 Å². The van der Waals surface area contributed by atoms with E-state index < -0.39 is 23.4 Å². The van der Waals surface area contributed by atoms with Crippen molar-refractivity contribution in [1.82, 2.24) is 0 Å². The molecule has 1 fully saturated rings. The third kappa shape index (κ3) is 1.55. The number of Topliss-reactive ketones (excluding diaryl/α,β-unsaturated/α-hetero) is 1. The fourth-order valence-electron chi connectivity index (χ4n) is 2.35. The van der Waals surface area contributed by atoms with Gasteiger partial charge in [-0.15, -0.1) is 0 Å². The van der Waals surface area contributed by atoms with Crippen LogP contribution in [0.25, 0.3) is 0 Å². The summed E-state index contributed by atoms with van der Waals surface area (Å²) in [5, 5.41) is 9.42. The molecule has 2 aliphatic heterocycles. The maximum absolute atomic E-state index is 13.3. The standard InChI is InChI=1S/C12H7F2NO3S/c1-4-15-8-3-7(14)6(13)2-5(8)10(16)9(12(17)18)11(15)19-4/h2-4H,1H3,(H,17,18)/p+1. The SMILES string of the molecule is CC1SC2=C(C(=O)O)C(=O)c3cc(F)c(F)cc3[NH+]21. The molecule has 3 rings (SSSR count). The summed E-state index contributed by atoms with van der Waals surface area (Å²) in [4.78, 5) is 23.8. The van der Waals surface area contributed by atoms with Gasteiger partial charge >= 0.3 is 5.97 Å². The van der Waals surface area contributed by atoms with Crippen molar-refractivity contribution in [3.8, 4) is 0 Å². The van der Waals surface area contributed by atoms with Gasteiger partial charge in [-0.2, -0.15) is 0 Å². The van der Waals surface area contributed by atoms with Gasteiger partial charge in [0, 0.05) is 6.07 Å². The Balaban J connectivity index is 2.26. The third-order valence-corrected chi connectivity index (χ3v) is 4.46. The van der Waals surface area contributed by atoms with Crippen molar-refractivity contribution in [2.45, 2.75) is 12.3 Å². The van der Waals surface area contributed by atoms with E-state index >= 15 is 0 Å². The minimum Gasteiger partial charge on any atom is -0.477 e. The molecule has 7 heteroatoms. The van der Waals surface area contributed by atoms with Gasteiger partial charge in [-0.1, -0.05) is 0 Å². The van der Waals surface area contributed by atoms with Gasteiger partial charge in [-0.3, -0.25) is 9.69 Å². The average Bonchev–Trinajstić information content (AvgIpc) is 2.31. The highest BCUT2D eigenvalue weighted by Gasteiger charge is 2.50. The van der Waals surface area contributed by atoms with E-state index in [4.69, 9.17) is 5.11 Å². The molecule has 98 valence electrons. The number of aliphatic carboxylic acids is 1. The number of carbonyl (C=O) groups excluding carboxylic acids is 1. The number of benzene rings is 1. The lowest BCUT2D eigenvalue weighted by Crippen LogP contribution is -3.14. The van der Waals surface area contributed by atoms with Gasteiger partial charge in [0.15, 0.2) is 33.3 Å². The molecule has 1 aromatic carbocycles. The largest absolute Gasteiger partial charge is 0.477 e. The Hall–Kier alpha value is -1.73. The van der Waals surface area contributed by atoms with Crippen molar-refractivity contribution in [2.75, 3.05) is 0 Å². The monoisotopic (exact) mass is 284 g/mol. The molecule has 2 aliphatic rings. The number of quaternary nitrogens is 1. The summed E-state index contributed by atoms with van der Waals surface area (Å²) in [6.07, 6.45) is 0. The third-order valence-electron chi connectivity index (χ3n) is 3.21. The molecule has 0 radical (unpaired) electrons. The second-order valence-electron chi connectivity index (χ2n) is 4.32. The quantitative estimate of drug-likeness (QED) is 0.757. The van der Waals surface area contributed by atoms with Crippen LogP contribution in [0.15, 0.2) is 22.7 Å². The Labute approximate surface area is 110 Å². The number of fused-ring (bicyclic) bond motifs is 3. The number of ketones is 1. The van der Waals surface area contributed by atoms with Crippen LogP contribution >= 0.6 is 11.8 Å². The average molecular weight is 284 g/mol. The highest BCUT2D eigenvalue weighted by Crippen LogP contribution is 2.36. The summed E-state index contributed by atoms with van der Waals surface area (Å²) in [5.74, 6) is -4.30. The van der Waals surface area contributed by atoms with Crippen molar-refractivity contribution in [2.24, 2.45) is 0 Å². The van der Waals surface area contributed by atoms with E-state index in [1.54, 1.807) is 0 Å². The number of halogens is 2. The van der Waals surface area contributed by atoms with Crippen LogP contribution in [-0.4, -0.2) is 22.2 Å². The Morgan fingerprint density at radius 3 is 2.58 bits per heavy atom. The van der Waals surface area contributed by atoms with E-state index in [1.807, 2.05) is 6.92 Å². The van der Waals surface area contributed by atoms with Crippen LogP contribution in [0.4, 0.5) is 14.5 Å². The smallest absolute Gasteiger partial charge is 0.346 e. The molecule has 0 bridgehead atoms. The second-order valence-corrected chi connectivity index (χ2v) is 5.68. The maximum Gasteiger partial charge on any atom is 0.346 e. The first-order valence-corrected chi connectivity index (χ1v) is 6.35. The molecule has 0 aromatic heterocycles. The van der Waals surface area contributed by atoms with Crippen molar-refractivity contribution in [3.05, 3.63) is 39.9 Å². The first-order valence-electron chi connectivity index (χ1n) is 5.47. The molecular formula is C12H8F2NO3S+. The molecule has 4 nitrogen and oxygen atoms in total. The predicted molar refractivity (Wildman–Crippen MR) is 63.0 cm³/mol. The Morgan fingerprint density at radius 2 is 2.00 bits per heavy atom. The molecule has 0 aliphatic carbocycles. The predicted octanol–water partition coefficient (Wildman–Crippen LogP) is 1.07. The lowest BCUT2D eigenvalue weighted by molar-refractivity contribution is -0.806. The molecule has 19 heavy (non-hydrogen) atoms. The minimum atomic E-state index is -1.34. The summed E-state index contributed by atoms with van der Waals surface area (Å²) in [6.45, 7) is 1.82. The van der Waals surface area contributed by atoms with Gasteiger partial charge in [0.05, 0.1) is 5.56 Å². The van der Waals surface area contributed by atoms with Crippen LogP contribution in [0, 0.1) is 11.6 Å². The Bertz CT molecular complexity index is 671. The van der Waals surface area contributed by atoms with Crippen molar-refractivity contribution in [1.29, 1.82) is 0 Å². The van der Waals surface area contributed by atoms with E-state index in [-0.39, 0.29) is 16.5 Å². The Morgan fingerprint density at radius 1 is 1.37 bits per heavy atom. The number of nitrogens with one attached hydrogen (secondary N) is 1. The fraction of sp³-hybridized carbons (Fsp3) is 0.167. The maximum atomic E-state index is 13.3. The van der Waals surface area contributed by atoms with Crippen LogP contribution in [0.5, 0.6) is 0 Å². The molecule has 2 unspecified atom stereocenters. The fourth-order valence-corrected chi connectivity index (χ4v) is 3.59. The molecule has 0 saturated carbocycles.